The molecule has 0 aromatic carbocycles. The molecule has 1 rings (SSSR count). The predicted molar refractivity (Wildman–Crippen MR) is 68.8 cm³/mol. The lowest BCUT2D eigenvalue weighted by molar-refractivity contribution is 0.0528. The van der Waals surface area contributed by atoms with Gasteiger partial charge in [-0.15, -0.1) is 0 Å². The van der Waals surface area contributed by atoms with Crippen LogP contribution in [0.15, 0.2) is 0 Å². The topological polar surface area (TPSA) is 103 Å². The fraction of sp³-hybridized carbons (Fsp3) is 1.00. The zero-order valence-electron chi connectivity index (χ0n) is 11.0. The number of hydrogen-bond acceptors (Lipinski definition) is 6. The van der Waals surface area contributed by atoms with Crippen molar-refractivity contribution < 1.29 is 28.7 Å². The van der Waals surface area contributed by atoms with E-state index >= 15 is 0 Å². The molecule has 3 N–H and O–H groups in total. The van der Waals surface area contributed by atoms with Gasteiger partial charge in [0.2, 0.25) is 0 Å². The summed E-state index contributed by atoms with van der Waals surface area (Å²) in [6.07, 6.45) is 0. The van der Waals surface area contributed by atoms with Gasteiger partial charge in [-0.1, -0.05) is 0 Å². The van der Waals surface area contributed by atoms with Gasteiger partial charge in [0, 0.05) is 39.3 Å². The third kappa shape index (κ3) is 8.67. The van der Waals surface area contributed by atoms with E-state index in [1.807, 2.05) is 0 Å². The molecule has 0 atom stereocenters. The van der Waals surface area contributed by atoms with Crippen molar-refractivity contribution >= 4 is 7.82 Å². The molecule has 1 saturated heterocycles. The van der Waals surface area contributed by atoms with Crippen molar-refractivity contribution in [2.75, 3.05) is 65.7 Å². The van der Waals surface area contributed by atoms with Crippen LogP contribution in [0.5, 0.6) is 0 Å². The largest absolute Gasteiger partial charge is 0.469 e. The summed E-state index contributed by atoms with van der Waals surface area (Å²) < 4.78 is 19.9. The Bertz CT molecular complexity index is 279. The van der Waals surface area contributed by atoms with Crippen molar-refractivity contribution in [2.45, 2.75) is 0 Å². The Morgan fingerprint density at radius 1 is 0.947 bits per heavy atom. The Labute approximate surface area is 113 Å². The van der Waals surface area contributed by atoms with Crippen LogP contribution in [0.3, 0.4) is 0 Å². The third-order valence-electron chi connectivity index (χ3n) is 2.92. The zero-order valence-corrected chi connectivity index (χ0v) is 11.9. The van der Waals surface area contributed by atoms with Gasteiger partial charge in [-0.2, -0.15) is 0 Å². The zero-order chi connectivity index (χ0) is 14.1. The fourth-order valence-corrected chi connectivity index (χ4v) is 2.20. The second kappa shape index (κ2) is 8.99. The minimum absolute atomic E-state index is 0.103. The molecule has 114 valence electrons. The molecule has 1 fully saturated rings. The minimum Gasteiger partial charge on any atom is -0.395 e. The molecule has 1 aliphatic rings. The Morgan fingerprint density at radius 3 is 2.05 bits per heavy atom. The molecule has 0 bridgehead atoms. The Morgan fingerprint density at radius 2 is 1.53 bits per heavy atom. The van der Waals surface area contributed by atoms with Crippen LogP contribution in [0.4, 0.5) is 0 Å². The van der Waals surface area contributed by atoms with Gasteiger partial charge in [0.15, 0.2) is 0 Å². The van der Waals surface area contributed by atoms with E-state index in [0.717, 1.165) is 39.3 Å². The standard InChI is InChI=1S/C10H23N2O6P/c13-7-5-11-1-3-12(4-2-11)6-8-17-9-10-18-19(14,15)16/h13H,1-10H2,(H2,14,15,16). The number of nitrogens with zero attached hydrogens (tertiary/aromatic N) is 2. The molecule has 8 nitrogen and oxygen atoms in total. The highest BCUT2D eigenvalue weighted by atomic mass is 31.2. The number of aliphatic hydroxyl groups is 1. The molecule has 0 radical (unpaired) electrons. The van der Waals surface area contributed by atoms with Gasteiger partial charge >= 0.3 is 7.82 Å². The van der Waals surface area contributed by atoms with E-state index in [1.165, 1.54) is 0 Å². The summed E-state index contributed by atoms with van der Waals surface area (Å²) in [5.74, 6) is 0. The smallest absolute Gasteiger partial charge is 0.395 e. The SMILES string of the molecule is O=P(O)(O)OCCOCCN1CCN(CCO)CC1. The summed E-state index contributed by atoms with van der Waals surface area (Å²) in [6.45, 7) is 6.10. The van der Waals surface area contributed by atoms with Crippen LogP contribution in [-0.4, -0.2) is 90.4 Å². The van der Waals surface area contributed by atoms with Crippen molar-refractivity contribution in [1.29, 1.82) is 0 Å². The maximum atomic E-state index is 10.4. The molecule has 0 aliphatic carbocycles. The molecule has 0 amide bonds. The van der Waals surface area contributed by atoms with Crippen molar-refractivity contribution in [3.05, 3.63) is 0 Å². The Balaban J connectivity index is 1.95. The van der Waals surface area contributed by atoms with E-state index in [-0.39, 0.29) is 19.8 Å². The highest BCUT2D eigenvalue weighted by Crippen LogP contribution is 2.35. The van der Waals surface area contributed by atoms with Crippen LogP contribution in [0.25, 0.3) is 0 Å². The molecular weight excluding hydrogens is 275 g/mol. The Kier molecular flexibility index (Phi) is 8.05. The van der Waals surface area contributed by atoms with Crippen LogP contribution in [0, 0.1) is 0 Å². The quantitative estimate of drug-likeness (QED) is 0.357. The van der Waals surface area contributed by atoms with E-state index in [1.54, 1.807) is 0 Å². The van der Waals surface area contributed by atoms with Crippen molar-refractivity contribution in [2.24, 2.45) is 0 Å². The predicted octanol–water partition coefficient (Wildman–Crippen LogP) is -1.28. The van der Waals surface area contributed by atoms with E-state index in [0.29, 0.717) is 6.61 Å². The van der Waals surface area contributed by atoms with Gasteiger partial charge in [-0.3, -0.25) is 14.3 Å². The summed E-state index contributed by atoms with van der Waals surface area (Å²) in [5, 5.41) is 8.82. The van der Waals surface area contributed by atoms with Crippen LogP contribution in [0.2, 0.25) is 0 Å². The lowest BCUT2D eigenvalue weighted by Gasteiger charge is -2.34. The summed E-state index contributed by atoms with van der Waals surface area (Å²) in [5.41, 5.74) is 0. The van der Waals surface area contributed by atoms with E-state index < -0.39 is 7.82 Å². The highest BCUT2D eigenvalue weighted by molar-refractivity contribution is 7.46. The number of hydrogen-bond donors (Lipinski definition) is 3. The van der Waals surface area contributed by atoms with Crippen LogP contribution in [-0.2, 0) is 13.8 Å². The summed E-state index contributed by atoms with van der Waals surface area (Å²) in [6, 6.07) is 0. The average Bonchev–Trinajstić information content (AvgIpc) is 2.35. The molecule has 0 saturated carbocycles. The molecule has 19 heavy (non-hydrogen) atoms. The molecule has 0 aromatic heterocycles. The monoisotopic (exact) mass is 298 g/mol. The lowest BCUT2D eigenvalue weighted by atomic mass is 10.3. The first-order chi connectivity index (χ1) is 9.01. The van der Waals surface area contributed by atoms with Gasteiger partial charge in [0.1, 0.15) is 0 Å². The number of rotatable bonds is 9. The second-order valence-electron chi connectivity index (χ2n) is 4.34. The third-order valence-corrected chi connectivity index (χ3v) is 3.44. The average molecular weight is 298 g/mol. The number of phosphoric acid groups is 1. The normalized spacial score (nSPS) is 18.9. The number of phosphoric ester groups is 1. The molecule has 9 heteroatoms. The molecule has 0 unspecified atom stereocenters. The maximum absolute atomic E-state index is 10.4. The van der Waals surface area contributed by atoms with Gasteiger partial charge in [0.05, 0.1) is 26.4 Å². The first kappa shape index (κ1) is 17.0. The molecular formula is C10H23N2O6P. The fourth-order valence-electron chi connectivity index (χ4n) is 1.89. The molecule has 1 heterocycles. The summed E-state index contributed by atoms with van der Waals surface area (Å²) in [7, 11) is -4.37. The van der Waals surface area contributed by atoms with Gasteiger partial charge in [0.25, 0.3) is 0 Å². The number of piperazine rings is 1. The molecule has 0 aromatic rings. The van der Waals surface area contributed by atoms with Gasteiger partial charge in [-0.25, -0.2) is 4.57 Å². The number of aliphatic hydroxyl groups excluding tert-OH is 1. The molecule has 0 spiro atoms. The van der Waals surface area contributed by atoms with Crippen LogP contribution >= 0.6 is 7.82 Å². The van der Waals surface area contributed by atoms with Crippen molar-refractivity contribution in [1.82, 2.24) is 9.80 Å². The summed E-state index contributed by atoms with van der Waals surface area (Å²) in [4.78, 5) is 21.4. The van der Waals surface area contributed by atoms with E-state index in [4.69, 9.17) is 19.6 Å². The lowest BCUT2D eigenvalue weighted by Crippen LogP contribution is -2.47. The van der Waals surface area contributed by atoms with Gasteiger partial charge in [-0.05, 0) is 0 Å². The first-order valence-electron chi connectivity index (χ1n) is 6.34. The minimum atomic E-state index is -4.37. The molecule has 1 aliphatic heterocycles. The van der Waals surface area contributed by atoms with Gasteiger partial charge < -0.3 is 19.6 Å². The van der Waals surface area contributed by atoms with E-state index in [9.17, 15) is 4.57 Å². The maximum Gasteiger partial charge on any atom is 0.469 e. The van der Waals surface area contributed by atoms with Crippen molar-refractivity contribution in [3.8, 4) is 0 Å². The number of β-amino-alcohol motifs (C(OH)–C–C–N with tert-alkyl or cyclic N) is 1. The van der Waals surface area contributed by atoms with Crippen molar-refractivity contribution in [3.63, 3.8) is 0 Å². The summed E-state index contributed by atoms with van der Waals surface area (Å²) >= 11 is 0. The Hall–Kier alpha value is -0.0500. The highest BCUT2D eigenvalue weighted by Gasteiger charge is 2.16. The number of ether oxygens (including phenoxy) is 1. The van der Waals surface area contributed by atoms with Crippen LogP contribution < -0.4 is 0 Å². The van der Waals surface area contributed by atoms with Crippen LogP contribution in [0.1, 0.15) is 0 Å². The first-order valence-corrected chi connectivity index (χ1v) is 7.88. The van der Waals surface area contributed by atoms with E-state index in [2.05, 4.69) is 14.3 Å². The second-order valence-corrected chi connectivity index (χ2v) is 5.58.